The van der Waals surface area contributed by atoms with Crippen molar-refractivity contribution in [1.29, 1.82) is 0 Å². The van der Waals surface area contributed by atoms with Crippen molar-refractivity contribution in [3.63, 3.8) is 0 Å². The van der Waals surface area contributed by atoms with Crippen LogP contribution in [-0.4, -0.2) is 37.7 Å². The largest absolute Gasteiger partial charge is 0.445 e. The fourth-order valence-corrected chi connectivity index (χ4v) is 2.50. The van der Waals surface area contributed by atoms with Gasteiger partial charge in [-0.1, -0.05) is 30.3 Å². The number of ether oxygens (including phenoxy) is 1. The number of carbonyl (C=O) groups is 1. The van der Waals surface area contributed by atoms with Crippen molar-refractivity contribution in [2.45, 2.75) is 19.4 Å². The average molecular weight is 262 g/mol. The van der Waals surface area contributed by atoms with Crippen LogP contribution in [0.15, 0.2) is 30.3 Å². The Balaban J connectivity index is 1.79. The highest BCUT2D eigenvalue weighted by Gasteiger charge is 2.24. The van der Waals surface area contributed by atoms with Crippen LogP contribution in [0.2, 0.25) is 0 Å². The van der Waals surface area contributed by atoms with Crippen LogP contribution in [0.1, 0.15) is 18.4 Å². The van der Waals surface area contributed by atoms with Crippen LogP contribution >= 0.6 is 0 Å². The van der Waals surface area contributed by atoms with Gasteiger partial charge in [-0.15, -0.1) is 0 Å². The van der Waals surface area contributed by atoms with E-state index < -0.39 is 0 Å². The predicted molar refractivity (Wildman–Crippen MR) is 74.9 cm³/mol. The van der Waals surface area contributed by atoms with E-state index in [0.29, 0.717) is 12.5 Å². The number of nitrogens with zero attached hydrogens (tertiary/aromatic N) is 1. The second-order valence-electron chi connectivity index (χ2n) is 5.05. The summed E-state index contributed by atoms with van der Waals surface area (Å²) in [5, 5.41) is 3.18. The Morgan fingerprint density at radius 2 is 2.21 bits per heavy atom. The van der Waals surface area contributed by atoms with Gasteiger partial charge >= 0.3 is 6.09 Å². The van der Waals surface area contributed by atoms with Crippen molar-refractivity contribution < 1.29 is 9.53 Å². The van der Waals surface area contributed by atoms with E-state index in [9.17, 15) is 4.79 Å². The molecular formula is C15H22N2O2. The van der Waals surface area contributed by atoms with E-state index >= 15 is 0 Å². The van der Waals surface area contributed by atoms with Crippen LogP contribution in [0.5, 0.6) is 0 Å². The van der Waals surface area contributed by atoms with Gasteiger partial charge in [0.05, 0.1) is 0 Å². The Labute approximate surface area is 114 Å². The molecule has 0 aromatic heterocycles. The third kappa shape index (κ3) is 4.24. The minimum absolute atomic E-state index is 0.190. The Morgan fingerprint density at radius 3 is 2.95 bits per heavy atom. The summed E-state index contributed by atoms with van der Waals surface area (Å²) in [7, 11) is 1.95. The minimum atomic E-state index is -0.190. The van der Waals surface area contributed by atoms with Gasteiger partial charge < -0.3 is 15.0 Å². The molecular weight excluding hydrogens is 240 g/mol. The van der Waals surface area contributed by atoms with Crippen LogP contribution < -0.4 is 5.32 Å². The molecule has 1 heterocycles. The third-order valence-corrected chi connectivity index (χ3v) is 3.48. The van der Waals surface area contributed by atoms with Gasteiger partial charge in [-0.2, -0.15) is 0 Å². The van der Waals surface area contributed by atoms with Gasteiger partial charge in [0.25, 0.3) is 0 Å². The van der Waals surface area contributed by atoms with E-state index in [0.717, 1.165) is 31.6 Å². The Bertz CT molecular complexity index is 392. The number of amides is 1. The number of likely N-dealkylation sites (tertiary alicyclic amines) is 1. The lowest BCUT2D eigenvalue weighted by molar-refractivity contribution is 0.0792. The maximum atomic E-state index is 12.0. The molecule has 0 radical (unpaired) electrons. The molecule has 1 fully saturated rings. The van der Waals surface area contributed by atoms with Crippen molar-refractivity contribution in [1.82, 2.24) is 10.2 Å². The molecule has 0 saturated carbocycles. The third-order valence-electron chi connectivity index (χ3n) is 3.48. The van der Waals surface area contributed by atoms with E-state index in [2.05, 4.69) is 5.32 Å². The Morgan fingerprint density at radius 1 is 1.42 bits per heavy atom. The van der Waals surface area contributed by atoms with E-state index in [1.807, 2.05) is 42.3 Å². The molecule has 1 aliphatic heterocycles. The van der Waals surface area contributed by atoms with Gasteiger partial charge in [-0.05, 0) is 37.9 Å². The molecule has 0 bridgehead atoms. The molecule has 4 heteroatoms. The smallest absolute Gasteiger partial charge is 0.410 e. The lowest BCUT2D eigenvalue weighted by atomic mass is 9.98. The van der Waals surface area contributed by atoms with Crippen molar-refractivity contribution in [3.05, 3.63) is 35.9 Å². The van der Waals surface area contributed by atoms with Gasteiger partial charge in [-0.25, -0.2) is 4.79 Å². The summed E-state index contributed by atoms with van der Waals surface area (Å²) in [5.41, 5.74) is 1.03. The number of benzene rings is 1. The van der Waals surface area contributed by atoms with Gasteiger partial charge in [0.15, 0.2) is 0 Å². The number of rotatable bonds is 4. The summed E-state index contributed by atoms with van der Waals surface area (Å²) in [5.74, 6) is 0.544. The second-order valence-corrected chi connectivity index (χ2v) is 5.05. The van der Waals surface area contributed by atoms with Crippen molar-refractivity contribution in [2.75, 3.05) is 26.7 Å². The summed E-state index contributed by atoms with van der Waals surface area (Å²) in [6.45, 7) is 2.93. The van der Waals surface area contributed by atoms with Crippen LogP contribution in [0.25, 0.3) is 0 Å². The summed E-state index contributed by atoms with van der Waals surface area (Å²) >= 11 is 0. The predicted octanol–water partition coefficient (Wildman–Crippen LogP) is 2.25. The molecule has 0 unspecified atom stereocenters. The number of nitrogens with one attached hydrogen (secondary N) is 1. The monoisotopic (exact) mass is 262 g/mol. The van der Waals surface area contributed by atoms with Crippen molar-refractivity contribution in [3.8, 4) is 0 Å². The molecule has 19 heavy (non-hydrogen) atoms. The molecule has 1 aliphatic rings. The van der Waals surface area contributed by atoms with Gasteiger partial charge in [0.1, 0.15) is 6.61 Å². The molecule has 104 valence electrons. The summed E-state index contributed by atoms with van der Waals surface area (Å²) in [6.07, 6.45) is 2.06. The normalized spacial score (nSPS) is 19.2. The van der Waals surface area contributed by atoms with Crippen LogP contribution in [0, 0.1) is 5.92 Å². The minimum Gasteiger partial charge on any atom is -0.445 e. The van der Waals surface area contributed by atoms with Gasteiger partial charge in [-0.3, -0.25) is 0 Å². The SMILES string of the molecule is CNC[C@H]1CCCN(C(=O)OCc2ccccc2)C1. The topological polar surface area (TPSA) is 41.6 Å². The maximum Gasteiger partial charge on any atom is 0.410 e. The highest BCUT2D eigenvalue weighted by Crippen LogP contribution is 2.16. The molecule has 0 spiro atoms. The zero-order chi connectivity index (χ0) is 13.5. The Kier molecular flexibility index (Phi) is 5.21. The van der Waals surface area contributed by atoms with Crippen LogP contribution in [-0.2, 0) is 11.3 Å². The first-order valence-electron chi connectivity index (χ1n) is 6.90. The molecule has 1 N–H and O–H groups in total. The standard InChI is InChI=1S/C15H22N2O2/c1-16-10-14-8-5-9-17(11-14)15(18)19-12-13-6-3-2-4-7-13/h2-4,6-7,14,16H,5,8-12H2,1H3/t14-/m1/s1. The first-order chi connectivity index (χ1) is 9.29. The number of piperidine rings is 1. The fraction of sp³-hybridized carbons (Fsp3) is 0.533. The van der Waals surface area contributed by atoms with Crippen LogP contribution in [0.4, 0.5) is 4.79 Å². The van der Waals surface area contributed by atoms with Crippen LogP contribution in [0.3, 0.4) is 0 Å². The molecule has 1 aromatic rings. The number of carbonyl (C=O) groups excluding carboxylic acids is 1. The first kappa shape index (κ1) is 13.9. The average Bonchev–Trinajstić information content (AvgIpc) is 2.46. The van der Waals surface area contributed by atoms with E-state index in [-0.39, 0.29) is 6.09 Å². The molecule has 2 rings (SSSR count). The number of hydrogen-bond acceptors (Lipinski definition) is 3. The molecule has 1 aromatic carbocycles. The highest BCUT2D eigenvalue weighted by atomic mass is 16.6. The van der Waals surface area contributed by atoms with E-state index in [1.54, 1.807) is 0 Å². The Hall–Kier alpha value is -1.55. The molecule has 1 amide bonds. The maximum absolute atomic E-state index is 12.0. The molecule has 0 aliphatic carbocycles. The lowest BCUT2D eigenvalue weighted by Crippen LogP contribution is -2.42. The van der Waals surface area contributed by atoms with Gasteiger partial charge in [0.2, 0.25) is 0 Å². The second kappa shape index (κ2) is 7.14. The van der Waals surface area contributed by atoms with E-state index in [1.165, 1.54) is 6.42 Å². The first-order valence-corrected chi connectivity index (χ1v) is 6.90. The summed E-state index contributed by atoms with van der Waals surface area (Å²) in [4.78, 5) is 13.8. The summed E-state index contributed by atoms with van der Waals surface area (Å²) in [6, 6.07) is 9.79. The quantitative estimate of drug-likeness (QED) is 0.905. The zero-order valence-electron chi connectivity index (χ0n) is 11.5. The summed E-state index contributed by atoms with van der Waals surface area (Å²) < 4.78 is 5.36. The van der Waals surface area contributed by atoms with E-state index in [4.69, 9.17) is 4.74 Å². The lowest BCUT2D eigenvalue weighted by Gasteiger charge is -2.31. The van der Waals surface area contributed by atoms with Crippen molar-refractivity contribution in [2.24, 2.45) is 5.92 Å². The van der Waals surface area contributed by atoms with Gasteiger partial charge in [0, 0.05) is 13.1 Å². The zero-order valence-corrected chi connectivity index (χ0v) is 11.5. The highest BCUT2D eigenvalue weighted by molar-refractivity contribution is 5.67. The fourth-order valence-electron chi connectivity index (χ4n) is 2.50. The molecule has 1 saturated heterocycles. The molecule has 4 nitrogen and oxygen atoms in total. The number of hydrogen-bond donors (Lipinski definition) is 1. The molecule has 1 atom stereocenters. The van der Waals surface area contributed by atoms with Crippen molar-refractivity contribution >= 4 is 6.09 Å².